The number of aliphatic hydroxyl groups is 1. The zero-order valence-corrected chi connectivity index (χ0v) is 15.0. The summed E-state index contributed by atoms with van der Waals surface area (Å²) in [5.41, 5.74) is 1.77. The molecule has 134 valence electrons. The van der Waals surface area contributed by atoms with E-state index in [2.05, 4.69) is 5.32 Å². The minimum atomic E-state index is -0.446. The second-order valence-electron chi connectivity index (χ2n) is 7.49. The van der Waals surface area contributed by atoms with E-state index >= 15 is 0 Å². The molecule has 1 aliphatic rings. The lowest BCUT2D eigenvalue weighted by Gasteiger charge is -2.34. The molecular formula is C19H30N2O3. The standard InChI is InChI=1S/C19H30N2O3/c1-19(2,3)24-18(23)21-11-4-5-16(14-21)13-20-17-8-6-15(7-9-17)10-12-22/h6-9,16,20,22H,4-5,10-14H2,1-3H3. The fourth-order valence-corrected chi connectivity index (χ4v) is 2.90. The number of amides is 1. The van der Waals surface area contributed by atoms with Crippen molar-refractivity contribution in [3.8, 4) is 0 Å². The van der Waals surface area contributed by atoms with E-state index in [0.29, 0.717) is 12.3 Å². The van der Waals surface area contributed by atoms with Crippen LogP contribution in [-0.2, 0) is 11.2 Å². The minimum Gasteiger partial charge on any atom is -0.444 e. The maximum atomic E-state index is 12.2. The topological polar surface area (TPSA) is 61.8 Å². The Morgan fingerprint density at radius 1 is 1.33 bits per heavy atom. The van der Waals surface area contributed by atoms with Crippen molar-refractivity contribution in [2.24, 2.45) is 5.92 Å². The molecule has 1 aromatic rings. The summed E-state index contributed by atoms with van der Waals surface area (Å²) in [6, 6.07) is 8.15. The van der Waals surface area contributed by atoms with Gasteiger partial charge in [0.2, 0.25) is 0 Å². The van der Waals surface area contributed by atoms with Gasteiger partial charge in [-0.25, -0.2) is 4.79 Å². The van der Waals surface area contributed by atoms with Gasteiger partial charge in [0.25, 0.3) is 0 Å². The molecule has 1 heterocycles. The van der Waals surface area contributed by atoms with Crippen molar-refractivity contribution in [3.63, 3.8) is 0 Å². The van der Waals surface area contributed by atoms with E-state index in [4.69, 9.17) is 9.84 Å². The molecule has 0 bridgehead atoms. The number of rotatable bonds is 5. The van der Waals surface area contributed by atoms with Gasteiger partial charge in [-0.1, -0.05) is 12.1 Å². The number of aliphatic hydroxyl groups excluding tert-OH is 1. The predicted molar refractivity (Wildman–Crippen MR) is 96.3 cm³/mol. The third-order valence-electron chi connectivity index (χ3n) is 4.12. The second-order valence-corrected chi connectivity index (χ2v) is 7.49. The number of hydrogen-bond donors (Lipinski definition) is 2. The Bertz CT molecular complexity index is 522. The number of carbonyl (C=O) groups excluding carboxylic acids is 1. The first kappa shape index (κ1) is 18.6. The van der Waals surface area contributed by atoms with Crippen LogP contribution in [0.5, 0.6) is 0 Å². The summed E-state index contributed by atoms with van der Waals surface area (Å²) in [5, 5.41) is 12.4. The molecule has 1 atom stereocenters. The molecule has 0 aromatic heterocycles. The Morgan fingerprint density at radius 2 is 2.04 bits per heavy atom. The van der Waals surface area contributed by atoms with Crippen LogP contribution >= 0.6 is 0 Å². The van der Waals surface area contributed by atoms with Gasteiger partial charge in [0, 0.05) is 31.9 Å². The lowest BCUT2D eigenvalue weighted by Crippen LogP contribution is -2.44. The van der Waals surface area contributed by atoms with Gasteiger partial charge >= 0.3 is 6.09 Å². The quantitative estimate of drug-likeness (QED) is 0.867. The molecule has 0 radical (unpaired) electrons. The highest BCUT2D eigenvalue weighted by molar-refractivity contribution is 5.68. The van der Waals surface area contributed by atoms with Crippen LogP contribution in [0.25, 0.3) is 0 Å². The zero-order valence-electron chi connectivity index (χ0n) is 15.0. The number of ether oxygens (including phenoxy) is 1. The molecule has 24 heavy (non-hydrogen) atoms. The summed E-state index contributed by atoms with van der Waals surface area (Å²) >= 11 is 0. The van der Waals surface area contributed by atoms with Gasteiger partial charge in [0.1, 0.15) is 5.60 Å². The summed E-state index contributed by atoms with van der Waals surface area (Å²) in [5.74, 6) is 0.434. The van der Waals surface area contributed by atoms with Crippen molar-refractivity contribution >= 4 is 11.8 Å². The average molecular weight is 334 g/mol. The van der Waals surface area contributed by atoms with Crippen molar-refractivity contribution in [2.45, 2.75) is 45.6 Å². The van der Waals surface area contributed by atoms with Crippen LogP contribution in [0.1, 0.15) is 39.2 Å². The molecule has 2 rings (SSSR count). The highest BCUT2D eigenvalue weighted by atomic mass is 16.6. The summed E-state index contributed by atoms with van der Waals surface area (Å²) in [6.45, 7) is 8.23. The van der Waals surface area contributed by atoms with Gasteiger partial charge in [-0.3, -0.25) is 0 Å². The number of benzene rings is 1. The summed E-state index contributed by atoms with van der Waals surface area (Å²) in [4.78, 5) is 14.0. The second kappa shape index (κ2) is 8.38. The first-order valence-electron chi connectivity index (χ1n) is 8.79. The SMILES string of the molecule is CC(C)(C)OC(=O)N1CCCC(CNc2ccc(CCO)cc2)C1. The van der Waals surface area contributed by atoms with Gasteiger partial charge < -0.3 is 20.1 Å². The highest BCUT2D eigenvalue weighted by Gasteiger charge is 2.27. The molecule has 0 spiro atoms. The fourth-order valence-electron chi connectivity index (χ4n) is 2.90. The number of nitrogens with one attached hydrogen (secondary N) is 1. The van der Waals surface area contributed by atoms with Gasteiger partial charge in [-0.2, -0.15) is 0 Å². The normalized spacial score (nSPS) is 18.3. The molecule has 0 saturated carbocycles. The van der Waals surface area contributed by atoms with Crippen LogP contribution in [0.4, 0.5) is 10.5 Å². The molecule has 1 aliphatic heterocycles. The molecule has 5 nitrogen and oxygen atoms in total. The van der Waals surface area contributed by atoms with Crippen LogP contribution in [0, 0.1) is 5.92 Å². The summed E-state index contributed by atoms with van der Waals surface area (Å²) < 4.78 is 5.47. The Kier molecular flexibility index (Phi) is 6.49. The Labute approximate surface area is 145 Å². The van der Waals surface area contributed by atoms with E-state index in [1.807, 2.05) is 49.9 Å². The molecule has 1 amide bonds. The third kappa shape index (κ3) is 6.04. The van der Waals surface area contributed by atoms with Crippen LogP contribution in [0.15, 0.2) is 24.3 Å². The van der Waals surface area contributed by atoms with E-state index in [-0.39, 0.29) is 12.7 Å². The third-order valence-corrected chi connectivity index (χ3v) is 4.12. The van der Waals surface area contributed by atoms with Crippen LogP contribution in [0.3, 0.4) is 0 Å². The molecule has 1 fully saturated rings. The Hall–Kier alpha value is -1.75. The van der Waals surface area contributed by atoms with Gasteiger partial charge in [0.05, 0.1) is 0 Å². The van der Waals surface area contributed by atoms with Crippen molar-refractivity contribution in [2.75, 3.05) is 31.6 Å². The Balaban J connectivity index is 1.81. The van der Waals surface area contributed by atoms with Crippen molar-refractivity contribution in [3.05, 3.63) is 29.8 Å². The smallest absolute Gasteiger partial charge is 0.410 e. The number of carbonyl (C=O) groups is 1. The number of nitrogens with zero attached hydrogens (tertiary/aromatic N) is 1. The van der Waals surface area contributed by atoms with Crippen molar-refractivity contribution in [1.29, 1.82) is 0 Å². The number of anilines is 1. The largest absolute Gasteiger partial charge is 0.444 e. The number of hydrogen-bond acceptors (Lipinski definition) is 4. The van der Waals surface area contributed by atoms with Gasteiger partial charge in [-0.05, 0) is 63.6 Å². The summed E-state index contributed by atoms with van der Waals surface area (Å²) in [6.07, 6.45) is 2.62. The molecule has 1 saturated heterocycles. The lowest BCUT2D eigenvalue weighted by atomic mass is 9.98. The maximum Gasteiger partial charge on any atom is 0.410 e. The maximum absolute atomic E-state index is 12.2. The molecular weight excluding hydrogens is 304 g/mol. The van der Waals surface area contributed by atoms with Crippen molar-refractivity contribution in [1.82, 2.24) is 4.90 Å². The van der Waals surface area contributed by atoms with Crippen LogP contribution < -0.4 is 5.32 Å². The van der Waals surface area contributed by atoms with Gasteiger partial charge in [0.15, 0.2) is 0 Å². The molecule has 5 heteroatoms. The molecule has 1 unspecified atom stereocenters. The average Bonchev–Trinajstić information content (AvgIpc) is 2.53. The van der Waals surface area contributed by atoms with E-state index < -0.39 is 5.60 Å². The minimum absolute atomic E-state index is 0.176. The zero-order chi connectivity index (χ0) is 17.6. The monoisotopic (exact) mass is 334 g/mol. The van der Waals surface area contributed by atoms with E-state index in [9.17, 15) is 4.79 Å². The van der Waals surface area contributed by atoms with Crippen molar-refractivity contribution < 1.29 is 14.6 Å². The number of likely N-dealkylation sites (tertiary alicyclic amines) is 1. The molecule has 1 aromatic carbocycles. The number of piperidine rings is 1. The van der Waals surface area contributed by atoms with E-state index in [1.165, 1.54) is 0 Å². The van der Waals surface area contributed by atoms with Gasteiger partial charge in [-0.15, -0.1) is 0 Å². The molecule has 2 N–H and O–H groups in total. The fraction of sp³-hybridized carbons (Fsp3) is 0.632. The van der Waals surface area contributed by atoms with Crippen LogP contribution in [-0.4, -0.2) is 47.9 Å². The molecule has 0 aliphatic carbocycles. The summed E-state index contributed by atoms with van der Waals surface area (Å²) in [7, 11) is 0. The first-order valence-corrected chi connectivity index (χ1v) is 8.79. The van der Waals surface area contributed by atoms with Crippen LogP contribution in [0.2, 0.25) is 0 Å². The van der Waals surface area contributed by atoms with E-state index in [0.717, 1.165) is 43.7 Å². The highest BCUT2D eigenvalue weighted by Crippen LogP contribution is 2.20. The van der Waals surface area contributed by atoms with E-state index in [1.54, 1.807) is 0 Å². The predicted octanol–water partition coefficient (Wildman–Crippen LogP) is 3.28. The lowest BCUT2D eigenvalue weighted by molar-refractivity contribution is 0.0172. The first-order chi connectivity index (χ1) is 11.4. The Morgan fingerprint density at radius 3 is 2.67 bits per heavy atom.